The van der Waals surface area contributed by atoms with Crippen molar-refractivity contribution in [2.24, 2.45) is 11.5 Å². The Bertz CT molecular complexity index is 288. The molecule has 0 saturated carbocycles. The first kappa shape index (κ1) is 16.9. The van der Waals surface area contributed by atoms with E-state index in [0.29, 0.717) is 25.9 Å². The maximum Gasteiger partial charge on any atom is 0.218 e. The summed E-state index contributed by atoms with van der Waals surface area (Å²) in [5.74, 6) is -0.635. The molecule has 0 atom stereocenters. The molecular weight excluding hydrogens is 260 g/mol. The van der Waals surface area contributed by atoms with E-state index in [-0.39, 0.29) is 11.8 Å². The number of nitrogens with zero attached hydrogens (tertiary/aromatic N) is 2. The van der Waals surface area contributed by atoms with Crippen molar-refractivity contribution in [3.05, 3.63) is 0 Å². The summed E-state index contributed by atoms with van der Waals surface area (Å²) in [5, 5.41) is 0. The van der Waals surface area contributed by atoms with Crippen LogP contribution in [0.5, 0.6) is 0 Å². The van der Waals surface area contributed by atoms with Gasteiger partial charge in [0.05, 0.1) is 13.2 Å². The van der Waals surface area contributed by atoms with E-state index in [2.05, 4.69) is 9.80 Å². The summed E-state index contributed by atoms with van der Waals surface area (Å²) < 4.78 is 5.30. The normalized spacial score (nSPS) is 16.4. The van der Waals surface area contributed by atoms with Gasteiger partial charge in [-0.25, -0.2) is 0 Å². The third-order valence-corrected chi connectivity index (χ3v) is 3.40. The maximum atomic E-state index is 10.8. The topological polar surface area (TPSA) is 102 Å². The van der Waals surface area contributed by atoms with Gasteiger partial charge in [0, 0.05) is 39.0 Å². The highest BCUT2D eigenvalue weighted by Gasteiger charge is 2.12. The molecule has 4 N–H and O–H groups in total. The lowest BCUT2D eigenvalue weighted by Gasteiger charge is -2.28. The Hall–Kier alpha value is -1.18. The van der Waals surface area contributed by atoms with Crippen LogP contribution in [0.25, 0.3) is 0 Å². The molecule has 116 valence electrons. The molecule has 0 unspecified atom stereocenters. The van der Waals surface area contributed by atoms with Crippen LogP contribution in [0.15, 0.2) is 0 Å². The molecule has 0 aromatic rings. The number of carbonyl (C=O) groups is 2. The quantitative estimate of drug-likeness (QED) is 0.523. The second-order valence-corrected chi connectivity index (χ2v) is 5.08. The maximum absolute atomic E-state index is 10.8. The van der Waals surface area contributed by atoms with Crippen molar-refractivity contribution in [2.75, 3.05) is 52.5 Å². The smallest absolute Gasteiger partial charge is 0.218 e. The monoisotopic (exact) mass is 286 g/mol. The molecule has 1 saturated heterocycles. The molecule has 0 bridgehead atoms. The minimum atomic E-state index is -0.317. The van der Waals surface area contributed by atoms with Crippen molar-refractivity contribution in [1.29, 1.82) is 0 Å². The van der Waals surface area contributed by atoms with Crippen molar-refractivity contribution in [2.45, 2.75) is 19.3 Å². The number of ether oxygens (including phenoxy) is 1. The molecule has 0 spiro atoms. The number of amides is 2. The van der Waals surface area contributed by atoms with Crippen LogP contribution in [0.3, 0.4) is 0 Å². The van der Waals surface area contributed by atoms with Gasteiger partial charge < -0.3 is 21.1 Å². The number of rotatable bonds is 10. The summed E-state index contributed by atoms with van der Waals surface area (Å²) in [6.07, 6.45) is 1.63. The molecule has 0 radical (unpaired) electrons. The van der Waals surface area contributed by atoms with Crippen LogP contribution in [-0.2, 0) is 14.3 Å². The number of hydrogen-bond donors (Lipinski definition) is 2. The van der Waals surface area contributed by atoms with Gasteiger partial charge in [-0.1, -0.05) is 0 Å². The summed E-state index contributed by atoms with van der Waals surface area (Å²) >= 11 is 0. The highest BCUT2D eigenvalue weighted by atomic mass is 16.5. The van der Waals surface area contributed by atoms with Gasteiger partial charge in [-0.2, -0.15) is 0 Å². The summed E-state index contributed by atoms with van der Waals surface area (Å²) in [6, 6.07) is 0. The summed E-state index contributed by atoms with van der Waals surface area (Å²) in [4.78, 5) is 26.1. The molecule has 1 heterocycles. The van der Waals surface area contributed by atoms with Gasteiger partial charge in [-0.3, -0.25) is 14.5 Å². The molecular formula is C13H26N4O3. The molecule has 1 aliphatic heterocycles. The lowest BCUT2D eigenvalue weighted by Crippen LogP contribution is -2.39. The third-order valence-electron chi connectivity index (χ3n) is 3.40. The van der Waals surface area contributed by atoms with Crippen molar-refractivity contribution in [3.63, 3.8) is 0 Å². The fraction of sp³-hybridized carbons (Fsp3) is 0.846. The molecule has 1 rings (SSSR count). The molecule has 2 amide bonds. The number of hydrogen-bond acceptors (Lipinski definition) is 5. The predicted molar refractivity (Wildman–Crippen MR) is 75.9 cm³/mol. The highest BCUT2D eigenvalue weighted by Crippen LogP contribution is 2.01. The second-order valence-electron chi connectivity index (χ2n) is 5.08. The van der Waals surface area contributed by atoms with Crippen LogP contribution in [0, 0.1) is 0 Å². The van der Waals surface area contributed by atoms with E-state index in [0.717, 1.165) is 45.8 Å². The van der Waals surface area contributed by atoms with Crippen molar-refractivity contribution in [3.8, 4) is 0 Å². The van der Waals surface area contributed by atoms with Crippen LogP contribution >= 0.6 is 0 Å². The standard InChI is InChI=1S/C13H26N4O3/c14-12(18)2-6-16(7-3-13(15)19)4-1-5-17-8-10-20-11-9-17/h1-11H2,(H2,14,18)(H2,15,19). The summed E-state index contributed by atoms with van der Waals surface area (Å²) in [5.41, 5.74) is 10.3. The van der Waals surface area contributed by atoms with E-state index in [4.69, 9.17) is 16.2 Å². The Morgan fingerprint density at radius 1 is 1.00 bits per heavy atom. The zero-order valence-electron chi connectivity index (χ0n) is 12.1. The van der Waals surface area contributed by atoms with E-state index < -0.39 is 0 Å². The first-order valence-electron chi connectivity index (χ1n) is 7.17. The van der Waals surface area contributed by atoms with Crippen LogP contribution in [0.1, 0.15) is 19.3 Å². The van der Waals surface area contributed by atoms with Crippen molar-refractivity contribution < 1.29 is 14.3 Å². The first-order valence-corrected chi connectivity index (χ1v) is 7.17. The Morgan fingerprint density at radius 3 is 2.05 bits per heavy atom. The van der Waals surface area contributed by atoms with E-state index in [1.807, 2.05) is 0 Å². The average Bonchev–Trinajstić information content (AvgIpc) is 2.42. The fourth-order valence-corrected chi connectivity index (χ4v) is 2.21. The Morgan fingerprint density at radius 2 is 1.55 bits per heavy atom. The van der Waals surface area contributed by atoms with Crippen molar-refractivity contribution >= 4 is 11.8 Å². The van der Waals surface area contributed by atoms with Gasteiger partial charge in [-0.05, 0) is 19.5 Å². The molecule has 1 aliphatic rings. The van der Waals surface area contributed by atoms with E-state index in [9.17, 15) is 9.59 Å². The van der Waals surface area contributed by atoms with Gasteiger partial charge in [0.15, 0.2) is 0 Å². The lowest BCUT2D eigenvalue weighted by molar-refractivity contribution is -0.118. The van der Waals surface area contributed by atoms with E-state index >= 15 is 0 Å². The molecule has 0 aliphatic carbocycles. The fourth-order valence-electron chi connectivity index (χ4n) is 2.21. The van der Waals surface area contributed by atoms with Crippen LogP contribution < -0.4 is 11.5 Å². The zero-order chi connectivity index (χ0) is 14.8. The van der Waals surface area contributed by atoms with Crippen LogP contribution in [0.2, 0.25) is 0 Å². The Balaban J connectivity index is 2.22. The van der Waals surface area contributed by atoms with Gasteiger partial charge in [0.1, 0.15) is 0 Å². The van der Waals surface area contributed by atoms with Crippen LogP contribution in [-0.4, -0.2) is 74.1 Å². The van der Waals surface area contributed by atoms with Crippen LogP contribution in [0.4, 0.5) is 0 Å². The minimum Gasteiger partial charge on any atom is -0.379 e. The molecule has 0 aromatic heterocycles. The van der Waals surface area contributed by atoms with Gasteiger partial charge in [-0.15, -0.1) is 0 Å². The van der Waals surface area contributed by atoms with Gasteiger partial charge in [0.25, 0.3) is 0 Å². The largest absolute Gasteiger partial charge is 0.379 e. The molecule has 20 heavy (non-hydrogen) atoms. The third kappa shape index (κ3) is 8.08. The minimum absolute atomic E-state index is 0.316. The number of nitrogens with two attached hydrogens (primary N) is 2. The first-order chi connectivity index (χ1) is 9.58. The highest BCUT2D eigenvalue weighted by molar-refractivity contribution is 5.74. The second kappa shape index (κ2) is 9.68. The van der Waals surface area contributed by atoms with Gasteiger partial charge in [0.2, 0.25) is 11.8 Å². The Labute approximate surface area is 120 Å². The summed E-state index contributed by atoms with van der Waals surface area (Å²) in [6.45, 7) is 6.58. The van der Waals surface area contributed by atoms with E-state index in [1.54, 1.807) is 0 Å². The zero-order valence-corrected chi connectivity index (χ0v) is 12.1. The van der Waals surface area contributed by atoms with Crippen molar-refractivity contribution in [1.82, 2.24) is 9.80 Å². The predicted octanol–water partition coefficient (Wildman–Crippen LogP) is -1.24. The number of primary amides is 2. The average molecular weight is 286 g/mol. The lowest BCUT2D eigenvalue weighted by atomic mass is 10.2. The number of carbonyl (C=O) groups excluding carboxylic acids is 2. The van der Waals surface area contributed by atoms with Gasteiger partial charge >= 0.3 is 0 Å². The molecule has 1 fully saturated rings. The number of morpholine rings is 1. The van der Waals surface area contributed by atoms with E-state index in [1.165, 1.54) is 0 Å². The molecule has 7 heteroatoms. The molecule has 0 aromatic carbocycles. The SMILES string of the molecule is NC(=O)CCN(CCCN1CCOCC1)CCC(N)=O. The molecule has 7 nitrogen and oxygen atoms in total. The Kier molecular flexibility index (Phi) is 8.17. The summed E-state index contributed by atoms with van der Waals surface area (Å²) in [7, 11) is 0.